The maximum atomic E-state index is 14.3. The molecule has 0 amide bonds. The van der Waals surface area contributed by atoms with Gasteiger partial charge in [0.15, 0.2) is 5.82 Å². The Balaban J connectivity index is 1.43. The van der Waals surface area contributed by atoms with Crippen LogP contribution in [0.15, 0.2) is 42.9 Å². The summed E-state index contributed by atoms with van der Waals surface area (Å²) in [6.45, 7) is 1.77. The molecule has 8 nitrogen and oxygen atoms in total. The number of nitrogens with zero attached hydrogens (tertiary/aromatic N) is 3. The van der Waals surface area contributed by atoms with Crippen LogP contribution in [0.25, 0.3) is 11.3 Å². The number of halogens is 1. The van der Waals surface area contributed by atoms with Crippen molar-refractivity contribution in [2.24, 2.45) is 11.8 Å². The van der Waals surface area contributed by atoms with Gasteiger partial charge in [-0.15, -0.1) is 0 Å². The van der Waals surface area contributed by atoms with E-state index in [-0.39, 0.29) is 23.5 Å². The highest BCUT2D eigenvalue weighted by Crippen LogP contribution is 2.49. The fourth-order valence-electron chi connectivity index (χ4n) is 5.00. The fourth-order valence-corrected chi connectivity index (χ4v) is 5.00. The number of hydrogen-bond acceptors (Lipinski definition) is 7. The Kier molecular flexibility index (Phi) is 6.57. The smallest absolute Gasteiger partial charge is 0.306 e. The van der Waals surface area contributed by atoms with E-state index in [4.69, 9.17) is 14.2 Å². The van der Waals surface area contributed by atoms with Gasteiger partial charge in [-0.25, -0.2) is 9.37 Å². The van der Waals surface area contributed by atoms with Gasteiger partial charge in [0.05, 0.1) is 49.1 Å². The molecule has 1 aliphatic heterocycles. The maximum absolute atomic E-state index is 14.3. The van der Waals surface area contributed by atoms with Crippen LogP contribution in [0.3, 0.4) is 0 Å². The van der Waals surface area contributed by atoms with Gasteiger partial charge in [0, 0.05) is 30.7 Å². The average molecular weight is 494 g/mol. The molecular formula is C27H28FN3O5. The van der Waals surface area contributed by atoms with Crippen LogP contribution in [0.4, 0.5) is 4.39 Å². The van der Waals surface area contributed by atoms with Crippen molar-refractivity contribution in [3.05, 3.63) is 65.5 Å². The zero-order valence-electron chi connectivity index (χ0n) is 20.3. The Labute approximate surface area is 208 Å². The number of carboxylic acid groups (broad SMARTS) is 1. The third kappa shape index (κ3) is 4.63. The van der Waals surface area contributed by atoms with E-state index < -0.39 is 23.8 Å². The minimum absolute atomic E-state index is 0.0657. The number of aliphatic carboxylic acids is 1. The van der Waals surface area contributed by atoms with Crippen LogP contribution in [0, 0.1) is 17.7 Å². The predicted octanol–water partition coefficient (Wildman–Crippen LogP) is 5.11. The summed E-state index contributed by atoms with van der Waals surface area (Å²) in [6, 6.07) is 7.41. The van der Waals surface area contributed by atoms with E-state index in [1.54, 1.807) is 20.2 Å². The number of aromatic nitrogens is 3. The number of ether oxygens (including phenoxy) is 3. The molecule has 1 aliphatic carbocycles. The number of rotatable bonds is 8. The number of pyridine rings is 1. The number of benzene rings is 1. The van der Waals surface area contributed by atoms with Crippen LogP contribution < -0.4 is 9.47 Å². The summed E-state index contributed by atoms with van der Waals surface area (Å²) in [5.41, 5.74) is 3.08. The number of hydrogen-bond donors (Lipinski definition) is 1. The first-order valence-electron chi connectivity index (χ1n) is 12.0. The van der Waals surface area contributed by atoms with Crippen LogP contribution in [0.2, 0.25) is 0 Å². The first-order chi connectivity index (χ1) is 17.4. The van der Waals surface area contributed by atoms with Crippen LogP contribution in [-0.4, -0.2) is 40.2 Å². The lowest BCUT2D eigenvalue weighted by atomic mass is 9.82. The van der Waals surface area contributed by atoms with E-state index in [1.807, 2.05) is 18.2 Å². The molecular weight excluding hydrogens is 465 g/mol. The normalized spacial score (nSPS) is 20.7. The molecule has 0 saturated heterocycles. The summed E-state index contributed by atoms with van der Waals surface area (Å²) < 4.78 is 31.5. The number of carbonyl (C=O) groups is 1. The molecule has 5 rings (SSSR count). The molecule has 1 saturated carbocycles. The molecule has 2 aromatic heterocycles. The van der Waals surface area contributed by atoms with E-state index in [0.29, 0.717) is 29.5 Å². The largest absolute Gasteiger partial charge is 0.484 e. The summed E-state index contributed by atoms with van der Waals surface area (Å²) in [5, 5.41) is 9.65. The molecule has 188 valence electrons. The molecule has 4 atom stereocenters. The molecule has 1 fully saturated rings. The first-order valence-corrected chi connectivity index (χ1v) is 12.0. The SMILES string of the molecule is COc1cc(-c2cnc([C@H]3C[C@H](OC)c4ccc(C(C5CC5)C(C)C(=O)O)cc4O3)cn2)c(F)cn1. The Hall–Kier alpha value is -3.59. The van der Waals surface area contributed by atoms with E-state index >= 15 is 0 Å². The average Bonchev–Trinajstić information content (AvgIpc) is 3.73. The van der Waals surface area contributed by atoms with E-state index in [9.17, 15) is 14.3 Å². The molecule has 9 heteroatoms. The first kappa shape index (κ1) is 24.1. The zero-order valence-corrected chi connectivity index (χ0v) is 20.3. The summed E-state index contributed by atoms with van der Waals surface area (Å²) in [5.74, 6) is -0.551. The number of carboxylic acids is 1. The van der Waals surface area contributed by atoms with Crippen molar-refractivity contribution in [1.82, 2.24) is 15.0 Å². The molecule has 0 radical (unpaired) electrons. The molecule has 2 aliphatic rings. The summed E-state index contributed by atoms with van der Waals surface area (Å²) in [4.78, 5) is 24.5. The maximum Gasteiger partial charge on any atom is 0.306 e. The van der Waals surface area contributed by atoms with Crippen molar-refractivity contribution in [3.63, 3.8) is 0 Å². The van der Waals surface area contributed by atoms with Gasteiger partial charge in [0.1, 0.15) is 11.9 Å². The van der Waals surface area contributed by atoms with Crippen molar-refractivity contribution in [2.45, 2.75) is 44.3 Å². The Morgan fingerprint density at radius 2 is 1.94 bits per heavy atom. The molecule has 3 aromatic rings. The summed E-state index contributed by atoms with van der Waals surface area (Å²) in [6.07, 6.45) is 6.14. The topological polar surface area (TPSA) is 104 Å². The van der Waals surface area contributed by atoms with Gasteiger partial charge in [-0.3, -0.25) is 14.8 Å². The zero-order chi connectivity index (χ0) is 25.4. The summed E-state index contributed by atoms with van der Waals surface area (Å²) in [7, 11) is 3.11. The second kappa shape index (κ2) is 9.81. The Bertz CT molecular complexity index is 1260. The predicted molar refractivity (Wildman–Crippen MR) is 128 cm³/mol. The van der Waals surface area contributed by atoms with Gasteiger partial charge in [-0.2, -0.15) is 0 Å². The van der Waals surface area contributed by atoms with Crippen LogP contribution >= 0.6 is 0 Å². The van der Waals surface area contributed by atoms with E-state index in [0.717, 1.165) is 30.2 Å². The van der Waals surface area contributed by atoms with Gasteiger partial charge in [0.2, 0.25) is 5.88 Å². The lowest BCUT2D eigenvalue weighted by Crippen LogP contribution is -2.23. The highest BCUT2D eigenvalue weighted by atomic mass is 19.1. The molecule has 1 N–H and O–H groups in total. The summed E-state index contributed by atoms with van der Waals surface area (Å²) >= 11 is 0. The van der Waals surface area contributed by atoms with Gasteiger partial charge in [0.25, 0.3) is 0 Å². The van der Waals surface area contributed by atoms with Crippen molar-refractivity contribution in [3.8, 4) is 22.9 Å². The van der Waals surface area contributed by atoms with Gasteiger partial charge >= 0.3 is 5.97 Å². The lowest BCUT2D eigenvalue weighted by molar-refractivity contribution is -0.142. The lowest BCUT2D eigenvalue weighted by Gasteiger charge is -2.32. The van der Waals surface area contributed by atoms with Crippen LogP contribution in [0.5, 0.6) is 11.6 Å². The minimum atomic E-state index is -0.795. The molecule has 3 heterocycles. The Morgan fingerprint density at radius 1 is 1.14 bits per heavy atom. The van der Waals surface area contributed by atoms with Crippen molar-refractivity contribution in [2.75, 3.05) is 14.2 Å². The molecule has 0 spiro atoms. The minimum Gasteiger partial charge on any atom is -0.484 e. The van der Waals surface area contributed by atoms with Gasteiger partial charge in [-0.05, 0) is 36.3 Å². The van der Waals surface area contributed by atoms with Gasteiger partial charge < -0.3 is 19.3 Å². The monoisotopic (exact) mass is 493 g/mol. The van der Waals surface area contributed by atoms with E-state index in [2.05, 4.69) is 15.0 Å². The molecule has 1 aromatic carbocycles. The standard InChI is InChI=1S/C27H28FN3O5/c1-14(27(32)33)26(15-4-5-15)16-6-7-17-22(34-2)10-24(36-23(17)8-16)21-13-29-20(12-30-21)18-9-25(35-3)31-11-19(18)28/h6-9,11-15,22,24,26H,4-5,10H2,1-3H3,(H,32,33)/t14?,22-,24+,26?/m0/s1. The number of fused-ring (bicyclic) bond motifs is 1. The van der Waals surface area contributed by atoms with Gasteiger partial charge in [-0.1, -0.05) is 19.1 Å². The fraction of sp³-hybridized carbons (Fsp3) is 0.407. The van der Waals surface area contributed by atoms with Crippen LogP contribution in [-0.2, 0) is 9.53 Å². The Morgan fingerprint density at radius 3 is 2.58 bits per heavy atom. The van der Waals surface area contributed by atoms with E-state index in [1.165, 1.54) is 19.4 Å². The second-order valence-corrected chi connectivity index (χ2v) is 9.39. The molecule has 36 heavy (non-hydrogen) atoms. The third-order valence-corrected chi connectivity index (χ3v) is 7.13. The highest BCUT2D eigenvalue weighted by molar-refractivity contribution is 5.71. The van der Waals surface area contributed by atoms with Crippen molar-refractivity contribution in [1.29, 1.82) is 0 Å². The highest BCUT2D eigenvalue weighted by Gasteiger charge is 2.40. The third-order valence-electron chi connectivity index (χ3n) is 7.13. The number of methoxy groups -OCH3 is 2. The van der Waals surface area contributed by atoms with Crippen molar-refractivity contribution < 1.29 is 28.5 Å². The quantitative estimate of drug-likeness (QED) is 0.462. The van der Waals surface area contributed by atoms with Crippen molar-refractivity contribution >= 4 is 5.97 Å². The second-order valence-electron chi connectivity index (χ2n) is 9.39. The molecule has 0 bridgehead atoms. The van der Waals surface area contributed by atoms with Crippen LogP contribution in [0.1, 0.15) is 61.1 Å². The molecule has 2 unspecified atom stereocenters.